The number of rotatable bonds is 1. The van der Waals surface area contributed by atoms with E-state index >= 15 is 0 Å². The summed E-state index contributed by atoms with van der Waals surface area (Å²) in [6, 6.07) is 6.63. The molecular formula is C8H5Cl3O. The highest BCUT2D eigenvalue weighted by atomic mass is 35.6. The Kier molecular flexibility index (Phi) is 2.99. The minimum atomic E-state index is -1.53. The van der Waals surface area contributed by atoms with Crippen LogP contribution >= 0.6 is 34.8 Å². The molecule has 0 bridgehead atoms. The van der Waals surface area contributed by atoms with Crippen LogP contribution in [-0.4, -0.2) is 6.29 Å². The van der Waals surface area contributed by atoms with Crippen molar-refractivity contribution in [2.45, 2.75) is 3.79 Å². The molecule has 12 heavy (non-hydrogen) atoms. The van der Waals surface area contributed by atoms with E-state index in [4.69, 9.17) is 34.8 Å². The zero-order chi connectivity index (χ0) is 9.19. The molecule has 0 atom stereocenters. The van der Waals surface area contributed by atoms with Crippen molar-refractivity contribution in [2.24, 2.45) is 0 Å². The molecule has 0 aliphatic carbocycles. The first kappa shape index (κ1) is 9.85. The molecule has 0 saturated carbocycles. The van der Waals surface area contributed by atoms with E-state index in [-0.39, 0.29) is 0 Å². The Morgan fingerprint density at radius 2 is 1.75 bits per heavy atom. The van der Waals surface area contributed by atoms with Gasteiger partial charge in [-0.15, -0.1) is 0 Å². The SMILES string of the molecule is O=Cc1ccccc1C(Cl)(Cl)Cl. The second kappa shape index (κ2) is 3.65. The first-order chi connectivity index (χ1) is 5.55. The van der Waals surface area contributed by atoms with Gasteiger partial charge in [0.2, 0.25) is 3.79 Å². The molecule has 0 saturated heterocycles. The maximum absolute atomic E-state index is 10.5. The highest BCUT2D eigenvalue weighted by Gasteiger charge is 2.25. The van der Waals surface area contributed by atoms with E-state index < -0.39 is 3.79 Å². The van der Waals surface area contributed by atoms with E-state index in [0.717, 1.165) is 0 Å². The molecule has 0 amide bonds. The van der Waals surface area contributed by atoms with Crippen molar-refractivity contribution in [2.75, 3.05) is 0 Å². The lowest BCUT2D eigenvalue weighted by Crippen LogP contribution is -2.03. The van der Waals surface area contributed by atoms with Gasteiger partial charge < -0.3 is 0 Å². The Balaban J connectivity index is 3.23. The topological polar surface area (TPSA) is 17.1 Å². The minimum absolute atomic E-state index is 0.400. The highest BCUT2D eigenvalue weighted by Crippen LogP contribution is 2.39. The van der Waals surface area contributed by atoms with Gasteiger partial charge in [0.1, 0.15) is 6.29 Å². The van der Waals surface area contributed by atoms with Gasteiger partial charge in [-0.25, -0.2) is 0 Å². The van der Waals surface area contributed by atoms with Crippen LogP contribution in [0.15, 0.2) is 24.3 Å². The minimum Gasteiger partial charge on any atom is -0.298 e. The first-order valence-corrected chi connectivity index (χ1v) is 4.30. The molecule has 0 heterocycles. The maximum Gasteiger partial charge on any atom is 0.216 e. The zero-order valence-electron chi connectivity index (χ0n) is 5.93. The average Bonchev–Trinajstić information content (AvgIpc) is 2.03. The van der Waals surface area contributed by atoms with Crippen LogP contribution in [0, 0.1) is 0 Å². The van der Waals surface area contributed by atoms with Crippen LogP contribution in [0.4, 0.5) is 0 Å². The fourth-order valence-electron chi connectivity index (χ4n) is 0.858. The van der Waals surface area contributed by atoms with E-state index in [2.05, 4.69) is 0 Å². The lowest BCUT2D eigenvalue weighted by molar-refractivity contribution is 0.112. The van der Waals surface area contributed by atoms with Gasteiger partial charge >= 0.3 is 0 Å². The van der Waals surface area contributed by atoms with E-state index in [1.165, 1.54) is 0 Å². The summed E-state index contributed by atoms with van der Waals surface area (Å²) in [6.07, 6.45) is 0.664. The van der Waals surface area contributed by atoms with Crippen molar-refractivity contribution >= 4 is 41.1 Å². The van der Waals surface area contributed by atoms with Gasteiger partial charge in [0.25, 0.3) is 0 Å². The van der Waals surface area contributed by atoms with E-state index in [1.807, 2.05) is 0 Å². The summed E-state index contributed by atoms with van der Waals surface area (Å²) in [7, 11) is 0. The largest absolute Gasteiger partial charge is 0.298 e. The molecule has 1 aromatic carbocycles. The normalized spacial score (nSPS) is 11.2. The van der Waals surface area contributed by atoms with Gasteiger partial charge in [0, 0.05) is 11.1 Å². The predicted molar refractivity (Wildman–Crippen MR) is 51.1 cm³/mol. The first-order valence-electron chi connectivity index (χ1n) is 3.17. The second-order valence-corrected chi connectivity index (χ2v) is 4.48. The van der Waals surface area contributed by atoms with Crippen LogP contribution in [0.1, 0.15) is 15.9 Å². The van der Waals surface area contributed by atoms with Crippen molar-refractivity contribution in [3.05, 3.63) is 35.4 Å². The van der Waals surface area contributed by atoms with Crippen molar-refractivity contribution in [1.29, 1.82) is 0 Å². The summed E-state index contributed by atoms with van der Waals surface area (Å²) in [5.74, 6) is 0. The highest BCUT2D eigenvalue weighted by molar-refractivity contribution is 6.66. The fourth-order valence-corrected chi connectivity index (χ4v) is 1.37. The Labute approximate surface area is 85.2 Å². The molecular weight excluding hydrogens is 218 g/mol. The van der Waals surface area contributed by atoms with Crippen molar-refractivity contribution in [3.8, 4) is 0 Å². The number of benzene rings is 1. The number of carbonyl (C=O) groups excluding carboxylic acids is 1. The van der Waals surface area contributed by atoms with E-state index in [0.29, 0.717) is 17.4 Å². The van der Waals surface area contributed by atoms with Gasteiger partial charge in [0.15, 0.2) is 0 Å². The van der Waals surface area contributed by atoms with E-state index in [1.54, 1.807) is 24.3 Å². The van der Waals surface area contributed by atoms with Crippen molar-refractivity contribution in [1.82, 2.24) is 0 Å². The third-order valence-corrected chi connectivity index (χ3v) is 2.00. The number of halogens is 3. The van der Waals surface area contributed by atoms with Gasteiger partial charge in [-0.3, -0.25) is 4.79 Å². The summed E-state index contributed by atoms with van der Waals surface area (Å²) < 4.78 is -1.53. The number of carbonyl (C=O) groups is 1. The number of hydrogen-bond donors (Lipinski definition) is 0. The molecule has 0 aromatic heterocycles. The fraction of sp³-hybridized carbons (Fsp3) is 0.125. The van der Waals surface area contributed by atoms with Crippen LogP contribution in [0.25, 0.3) is 0 Å². The Bertz CT molecular complexity index is 291. The summed E-state index contributed by atoms with van der Waals surface area (Å²) in [5.41, 5.74) is 0.808. The Morgan fingerprint density at radius 3 is 2.17 bits per heavy atom. The molecule has 64 valence electrons. The molecule has 0 N–H and O–H groups in total. The molecule has 1 aromatic rings. The van der Waals surface area contributed by atoms with Gasteiger partial charge in [-0.05, 0) is 0 Å². The number of aldehydes is 1. The Morgan fingerprint density at radius 1 is 1.17 bits per heavy atom. The summed E-state index contributed by atoms with van der Waals surface area (Å²) in [4.78, 5) is 10.5. The van der Waals surface area contributed by atoms with Crippen LogP contribution in [0.2, 0.25) is 0 Å². The molecule has 0 radical (unpaired) electrons. The summed E-state index contributed by atoms with van der Waals surface area (Å²) in [6.45, 7) is 0. The molecule has 0 unspecified atom stereocenters. The molecule has 4 heteroatoms. The lowest BCUT2D eigenvalue weighted by Gasteiger charge is -2.12. The smallest absolute Gasteiger partial charge is 0.216 e. The lowest BCUT2D eigenvalue weighted by atomic mass is 10.1. The van der Waals surface area contributed by atoms with Gasteiger partial charge in [0.05, 0.1) is 0 Å². The van der Waals surface area contributed by atoms with E-state index in [9.17, 15) is 4.79 Å². The maximum atomic E-state index is 10.5. The van der Waals surface area contributed by atoms with Crippen molar-refractivity contribution < 1.29 is 4.79 Å². The second-order valence-electron chi connectivity index (χ2n) is 2.20. The van der Waals surface area contributed by atoms with Crippen LogP contribution in [-0.2, 0) is 3.79 Å². The molecule has 0 spiro atoms. The Hall–Kier alpha value is -0.240. The molecule has 1 rings (SSSR count). The molecule has 0 fully saturated rings. The average molecular weight is 223 g/mol. The summed E-state index contributed by atoms with van der Waals surface area (Å²) in [5, 5.41) is 0. The van der Waals surface area contributed by atoms with Crippen LogP contribution in [0.3, 0.4) is 0 Å². The molecule has 0 aliphatic heterocycles. The van der Waals surface area contributed by atoms with Crippen molar-refractivity contribution in [3.63, 3.8) is 0 Å². The van der Waals surface area contributed by atoms with Gasteiger partial charge in [-0.2, -0.15) is 0 Å². The zero-order valence-corrected chi connectivity index (χ0v) is 8.20. The third-order valence-electron chi connectivity index (χ3n) is 1.39. The predicted octanol–water partition coefficient (Wildman–Crippen LogP) is 3.33. The standard InChI is InChI=1S/C8H5Cl3O/c9-8(10,11)7-4-2-1-3-6(7)5-12/h1-5H. The van der Waals surface area contributed by atoms with Gasteiger partial charge in [-0.1, -0.05) is 59.1 Å². The van der Waals surface area contributed by atoms with Crippen LogP contribution < -0.4 is 0 Å². The number of alkyl halides is 3. The molecule has 0 aliphatic rings. The monoisotopic (exact) mass is 222 g/mol. The molecule has 1 nitrogen and oxygen atoms in total. The summed E-state index contributed by atoms with van der Waals surface area (Å²) >= 11 is 16.8. The quantitative estimate of drug-likeness (QED) is 0.527. The number of hydrogen-bond acceptors (Lipinski definition) is 1. The van der Waals surface area contributed by atoms with Crippen LogP contribution in [0.5, 0.6) is 0 Å². The third kappa shape index (κ3) is 2.13.